The van der Waals surface area contributed by atoms with Gasteiger partial charge in [0.25, 0.3) is 0 Å². The third-order valence-corrected chi connectivity index (χ3v) is 10.5. The van der Waals surface area contributed by atoms with Crippen LogP contribution in [-0.4, -0.2) is 61.1 Å². The van der Waals surface area contributed by atoms with E-state index in [-0.39, 0.29) is 54.5 Å². The number of benzene rings is 2. The highest BCUT2D eigenvalue weighted by Crippen LogP contribution is 2.36. The number of rotatable bonds is 10. The summed E-state index contributed by atoms with van der Waals surface area (Å²) in [5, 5.41) is 8.77. The number of hydrogen-bond donors (Lipinski definition) is 0. The Kier molecular flexibility index (Phi) is 8.92. The van der Waals surface area contributed by atoms with E-state index in [2.05, 4.69) is 31.3 Å². The molecule has 0 radical (unpaired) electrons. The molecule has 6 rings (SSSR count). The number of carbonyl (C=O) groups is 1. The van der Waals surface area contributed by atoms with E-state index >= 15 is 0 Å². The van der Waals surface area contributed by atoms with Crippen LogP contribution in [-0.2, 0) is 34.3 Å². The number of aryl methyl sites for hydroxylation is 3. The minimum absolute atomic E-state index is 0.00262. The number of nitrogens with zero attached hydrogens (tertiary/aromatic N) is 7. The fraction of sp³-hybridized carbons (Fsp3) is 0.353. The summed E-state index contributed by atoms with van der Waals surface area (Å²) in [5.74, 6) is 0.290. The second-order valence-corrected chi connectivity index (χ2v) is 13.5. The average Bonchev–Trinajstić information content (AvgIpc) is 3.45. The Hall–Kier alpha value is -4.55. The van der Waals surface area contributed by atoms with Gasteiger partial charge in [0.15, 0.2) is 0 Å². The molecule has 0 amide bonds. The van der Waals surface area contributed by atoms with Crippen LogP contribution < -0.4 is 4.74 Å². The molecule has 3 aromatic heterocycles. The van der Waals surface area contributed by atoms with Gasteiger partial charge in [-0.1, -0.05) is 36.4 Å². The van der Waals surface area contributed by atoms with Crippen molar-refractivity contribution in [2.24, 2.45) is 0 Å². The van der Waals surface area contributed by atoms with Crippen molar-refractivity contribution in [2.75, 3.05) is 6.54 Å². The third-order valence-electron chi connectivity index (χ3n) is 8.68. The summed E-state index contributed by atoms with van der Waals surface area (Å²) in [7, 11) is -3.89. The number of Topliss-reactive ketones (excluding diaryl/α,β-unsaturated/α-hetero) is 1. The second-order valence-electron chi connectivity index (χ2n) is 11.6. The van der Waals surface area contributed by atoms with E-state index < -0.39 is 10.0 Å². The van der Waals surface area contributed by atoms with Gasteiger partial charge in [-0.15, -0.1) is 5.10 Å². The summed E-state index contributed by atoms with van der Waals surface area (Å²) in [5.41, 5.74) is 6.36. The lowest BCUT2D eigenvalue weighted by Gasteiger charge is -2.25. The van der Waals surface area contributed by atoms with Crippen LogP contribution in [0.5, 0.6) is 5.88 Å². The van der Waals surface area contributed by atoms with Crippen LogP contribution in [0.2, 0.25) is 0 Å². The highest BCUT2D eigenvalue weighted by Gasteiger charge is 2.35. The summed E-state index contributed by atoms with van der Waals surface area (Å²) >= 11 is 0. The molecule has 1 aliphatic rings. The number of fused-ring (bicyclic) bond motifs is 2. The molecule has 11 nitrogen and oxygen atoms in total. The van der Waals surface area contributed by atoms with E-state index in [0.717, 1.165) is 38.9 Å². The molecule has 2 atom stereocenters. The molecular weight excluding hydrogens is 602 g/mol. The molecule has 46 heavy (non-hydrogen) atoms. The number of sulfonamides is 1. The van der Waals surface area contributed by atoms with Crippen LogP contribution in [0.15, 0.2) is 72.0 Å². The Morgan fingerprint density at radius 3 is 2.57 bits per heavy atom. The van der Waals surface area contributed by atoms with E-state index in [4.69, 9.17) is 4.74 Å². The maximum absolute atomic E-state index is 13.9. The molecule has 5 aromatic rings. The zero-order valence-electron chi connectivity index (χ0n) is 26.4. The van der Waals surface area contributed by atoms with Gasteiger partial charge in [0, 0.05) is 44.0 Å². The predicted molar refractivity (Wildman–Crippen MR) is 173 cm³/mol. The molecule has 0 unspecified atom stereocenters. The number of carbonyl (C=O) groups excluding carboxylic acids is 1. The minimum Gasteiger partial charge on any atom is -0.472 e. The Morgan fingerprint density at radius 1 is 1.02 bits per heavy atom. The van der Waals surface area contributed by atoms with Gasteiger partial charge in [0.2, 0.25) is 15.9 Å². The van der Waals surface area contributed by atoms with E-state index in [1.807, 2.05) is 56.6 Å². The first-order valence-corrected chi connectivity index (χ1v) is 16.9. The molecular formula is C34H37N7O4S. The lowest BCUT2D eigenvalue weighted by Crippen LogP contribution is -2.36. The largest absolute Gasteiger partial charge is 0.472 e. The normalized spacial score (nSPS) is 16.8. The predicted octanol–water partition coefficient (Wildman–Crippen LogP) is 4.95. The SMILES string of the molecule is CC[C@@H]1CN(Cc2cc([C@H](CC(=O)Cc3ncccn3)c3ccc4c(nnn4CC)c3C)ccc2C)S(=O)(=O)c2cccnc2O1. The fourth-order valence-electron chi connectivity index (χ4n) is 6.05. The monoisotopic (exact) mass is 639 g/mol. The summed E-state index contributed by atoms with van der Waals surface area (Å²) in [6.07, 6.45) is 5.41. The number of aromatic nitrogens is 6. The van der Waals surface area contributed by atoms with Crippen LogP contribution in [0.1, 0.15) is 66.2 Å². The molecule has 0 spiro atoms. The van der Waals surface area contributed by atoms with Gasteiger partial charge in [-0.05, 0) is 79.3 Å². The van der Waals surface area contributed by atoms with E-state index in [1.54, 1.807) is 24.5 Å². The van der Waals surface area contributed by atoms with Crippen molar-refractivity contribution in [2.45, 2.75) is 77.0 Å². The van der Waals surface area contributed by atoms with Crippen molar-refractivity contribution in [3.8, 4) is 5.88 Å². The standard InChI is InChI=1S/C34H37N7O4S/c1-5-27-21-40(46(43,44)31-9-7-14-37-34(31)45-27)20-25-17-24(11-10-22(25)3)29(18-26(42)19-32-35-15-8-16-36-32)28-12-13-30-33(23(28)4)38-39-41(30)6-2/h7-17,27,29H,5-6,18-21H2,1-4H3/t27-,29+/m1/s1. The first kappa shape index (κ1) is 31.4. The van der Waals surface area contributed by atoms with Gasteiger partial charge in [0.1, 0.15) is 28.1 Å². The third kappa shape index (κ3) is 6.14. The van der Waals surface area contributed by atoms with Gasteiger partial charge < -0.3 is 4.74 Å². The molecule has 0 bridgehead atoms. The lowest BCUT2D eigenvalue weighted by atomic mass is 9.83. The van der Waals surface area contributed by atoms with Crippen molar-refractivity contribution in [1.82, 2.24) is 34.3 Å². The average molecular weight is 640 g/mol. The number of hydrogen-bond acceptors (Lipinski definition) is 9. The number of ketones is 1. The van der Waals surface area contributed by atoms with Gasteiger partial charge >= 0.3 is 0 Å². The van der Waals surface area contributed by atoms with Crippen LogP contribution in [0.4, 0.5) is 0 Å². The molecule has 1 aliphatic heterocycles. The van der Waals surface area contributed by atoms with Gasteiger partial charge in [0.05, 0.1) is 18.5 Å². The Balaban J connectivity index is 1.40. The van der Waals surface area contributed by atoms with Crippen molar-refractivity contribution in [3.63, 3.8) is 0 Å². The zero-order chi connectivity index (χ0) is 32.4. The van der Waals surface area contributed by atoms with Crippen LogP contribution in [0, 0.1) is 13.8 Å². The molecule has 0 aliphatic carbocycles. The first-order chi connectivity index (χ1) is 22.2. The van der Waals surface area contributed by atoms with Crippen LogP contribution in [0.3, 0.4) is 0 Å². The molecule has 0 saturated carbocycles. The van der Waals surface area contributed by atoms with E-state index in [0.29, 0.717) is 18.8 Å². The van der Waals surface area contributed by atoms with Crippen molar-refractivity contribution in [1.29, 1.82) is 0 Å². The minimum atomic E-state index is -3.89. The fourth-order valence-corrected chi connectivity index (χ4v) is 7.57. The van der Waals surface area contributed by atoms with E-state index in [9.17, 15) is 13.2 Å². The quantitative estimate of drug-likeness (QED) is 0.208. The first-order valence-electron chi connectivity index (χ1n) is 15.5. The second kappa shape index (κ2) is 13.1. The molecule has 0 fully saturated rings. The molecule has 12 heteroatoms. The van der Waals surface area contributed by atoms with Crippen molar-refractivity contribution < 1.29 is 17.9 Å². The maximum atomic E-state index is 13.9. The van der Waals surface area contributed by atoms with Crippen molar-refractivity contribution in [3.05, 3.63) is 101 Å². The molecule has 4 heterocycles. The van der Waals surface area contributed by atoms with E-state index in [1.165, 1.54) is 16.6 Å². The molecule has 238 valence electrons. The molecule has 0 saturated heterocycles. The highest BCUT2D eigenvalue weighted by atomic mass is 32.2. The van der Waals surface area contributed by atoms with Gasteiger partial charge in [-0.2, -0.15) is 4.31 Å². The topological polar surface area (TPSA) is 133 Å². The summed E-state index contributed by atoms with van der Waals surface area (Å²) < 4.78 is 37.1. The smallest absolute Gasteiger partial charge is 0.248 e. The molecule has 0 N–H and O–H groups in total. The summed E-state index contributed by atoms with van der Waals surface area (Å²) in [6, 6.07) is 15.0. The van der Waals surface area contributed by atoms with Crippen LogP contribution in [0.25, 0.3) is 11.0 Å². The molecule has 2 aromatic carbocycles. The van der Waals surface area contributed by atoms with Gasteiger partial charge in [-0.3, -0.25) is 4.79 Å². The summed E-state index contributed by atoms with van der Waals surface area (Å²) in [6.45, 7) is 9.01. The highest BCUT2D eigenvalue weighted by molar-refractivity contribution is 7.89. The maximum Gasteiger partial charge on any atom is 0.248 e. The zero-order valence-corrected chi connectivity index (χ0v) is 27.2. The Labute approximate surface area is 268 Å². The van der Waals surface area contributed by atoms with Gasteiger partial charge in [-0.25, -0.2) is 28.1 Å². The Morgan fingerprint density at radius 2 is 1.80 bits per heavy atom. The Bertz CT molecular complexity index is 2000. The van der Waals surface area contributed by atoms with Crippen molar-refractivity contribution >= 4 is 26.8 Å². The summed E-state index contributed by atoms with van der Waals surface area (Å²) in [4.78, 5) is 26.3. The lowest BCUT2D eigenvalue weighted by molar-refractivity contribution is -0.118. The van der Waals surface area contributed by atoms with Crippen LogP contribution >= 0.6 is 0 Å². The number of pyridine rings is 1. The number of ether oxygens (including phenoxy) is 1.